The Morgan fingerprint density at radius 3 is 0.700 bits per heavy atom. The number of para-hydroxylation sites is 8. The Bertz CT molecular complexity index is 9930. The minimum Gasteiger partial charge on any atom is -0.456 e. The maximum atomic E-state index is 6.24. The van der Waals surface area contributed by atoms with Crippen LogP contribution in [0.1, 0.15) is 0 Å². The topological polar surface area (TPSA) is 75.4 Å². The summed E-state index contributed by atoms with van der Waals surface area (Å²) in [4.78, 5) is 6.96. The van der Waals surface area contributed by atoms with Crippen LogP contribution in [-0.2, 0) is 0 Å². The Balaban J connectivity index is 0.000000105. The third-order valence-corrected chi connectivity index (χ3v) is 27.8. The molecule has 0 saturated heterocycles. The van der Waals surface area contributed by atoms with Crippen LogP contribution in [0.25, 0.3) is 219 Å². The Morgan fingerprint density at radius 1 is 0.107 bits per heavy atom. The van der Waals surface area contributed by atoms with Crippen molar-refractivity contribution in [2.75, 3.05) is 14.7 Å². The minimum atomic E-state index is 0.890. The van der Waals surface area contributed by atoms with Gasteiger partial charge >= 0.3 is 0 Å². The number of hydrogen-bond donors (Lipinski definition) is 0. The molecule has 8 nitrogen and oxygen atoms in total. The van der Waals surface area contributed by atoms with Crippen LogP contribution in [0.15, 0.2) is 526 Å². The van der Waals surface area contributed by atoms with Gasteiger partial charge in [0.2, 0.25) is 0 Å². The van der Waals surface area contributed by atoms with Crippen molar-refractivity contribution in [2.45, 2.75) is 0 Å². The van der Waals surface area contributed by atoms with Crippen molar-refractivity contribution in [3.8, 4) is 44.5 Å². The van der Waals surface area contributed by atoms with Gasteiger partial charge < -0.3 is 36.8 Å². The third kappa shape index (κ3) is 14.1. The summed E-state index contributed by atoms with van der Waals surface area (Å²) in [7, 11) is 0. The summed E-state index contributed by atoms with van der Waals surface area (Å²) >= 11 is 0. The summed E-state index contributed by atoms with van der Waals surface area (Å²) in [6.45, 7) is 0. The second-order valence-corrected chi connectivity index (χ2v) is 36.0. The number of hydrogen-bond acceptors (Lipinski definition) is 8. The molecule has 0 unspecified atom stereocenters. The van der Waals surface area contributed by atoms with Crippen molar-refractivity contribution in [1.82, 2.24) is 0 Å². The number of fused-ring (bicyclic) bond motifs is 27. The second-order valence-electron chi connectivity index (χ2n) is 36.0. The lowest BCUT2D eigenvalue weighted by molar-refractivity contribution is 0.668. The molecule has 0 N–H and O–H groups in total. The number of anilines is 9. The Hall–Kier alpha value is -18.8. The van der Waals surface area contributed by atoms with Crippen molar-refractivity contribution in [3.63, 3.8) is 0 Å². The molecule has 29 rings (SSSR count). The summed E-state index contributed by atoms with van der Waals surface area (Å²) in [6, 6.07) is 179. The molecule has 0 saturated carbocycles. The Morgan fingerprint density at radius 2 is 0.329 bits per heavy atom. The molecule has 8 heteroatoms. The molecule has 656 valence electrons. The first-order valence-electron chi connectivity index (χ1n) is 47.5. The van der Waals surface area contributed by atoms with E-state index in [1.165, 1.54) is 120 Å². The summed E-state index contributed by atoms with van der Waals surface area (Å²) in [5.74, 6) is 0. The van der Waals surface area contributed by atoms with Gasteiger partial charge in [0.1, 0.15) is 55.8 Å². The van der Waals surface area contributed by atoms with Crippen LogP contribution in [0.2, 0.25) is 0 Å². The molecule has 0 atom stereocenters. The minimum absolute atomic E-state index is 0.890. The smallest absolute Gasteiger partial charge is 0.136 e. The van der Waals surface area contributed by atoms with Gasteiger partial charge in [-0.3, -0.25) is 0 Å². The molecule has 0 fully saturated rings. The van der Waals surface area contributed by atoms with E-state index in [4.69, 9.17) is 22.1 Å². The maximum absolute atomic E-state index is 6.24. The largest absolute Gasteiger partial charge is 0.456 e. The lowest BCUT2D eigenvalue weighted by Crippen LogP contribution is -2.10. The fraction of sp³-hybridized carbons (Fsp3) is 0. The Kier molecular flexibility index (Phi) is 19.5. The fourth-order valence-corrected chi connectivity index (χ4v) is 21.3. The normalized spacial score (nSPS) is 11.7. The highest BCUT2D eigenvalue weighted by Crippen LogP contribution is 2.49. The van der Waals surface area contributed by atoms with Gasteiger partial charge in [-0.25, -0.2) is 0 Å². The van der Waals surface area contributed by atoms with E-state index >= 15 is 0 Å². The Labute approximate surface area is 804 Å². The molecular weight excluding hydrogens is 1710 g/mol. The van der Waals surface area contributed by atoms with Crippen LogP contribution in [0.4, 0.5) is 51.2 Å². The van der Waals surface area contributed by atoms with Crippen molar-refractivity contribution < 1.29 is 22.1 Å². The molecule has 0 radical (unpaired) electrons. The summed E-state index contributed by atoms with van der Waals surface area (Å²) in [5.41, 5.74) is 28.4. The van der Waals surface area contributed by atoms with E-state index in [9.17, 15) is 0 Å². The molecule has 5 aromatic heterocycles. The average Bonchev–Trinajstić information content (AvgIpc) is 1.49. The van der Waals surface area contributed by atoms with Gasteiger partial charge in [-0.1, -0.05) is 315 Å². The SMILES string of the molecule is c1ccc(-c2cccc(N(c3ccccc3)c3cccc(-c4ccc5c(ccc6ccc7oc8ccccc8c7c65)c4)c3)c2)cc1.c1ccc(N(c2ccc(-c3ccc4c(ccc5ccc6oc7ccccc7c6c54)c3)cc2)c2ccc3oc4ccccc4c3c2)cc1.c1ccc(N(c2cccc(-c3ccc4c(ccc5ccc6oc7ccccc7c6c54)c3)c2)c2ccc3oc4ccccc4c3c2)cc1. The number of rotatable bonds is 13. The quantitative estimate of drug-likeness (QED) is 0.106. The van der Waals surface area contributed by atoms with Crippen molar-refractivity contribution in [1.29, 1.82) is 0 Å². The van der Waals surface area contributed by atoms with Crippen LogP contribution < -0.4 is 14.7 Å². The lowest BCUT2D eigenvalue weighted by atomic mass is 9.94. The molecule has 0 aliphatic rings. The lowest BCUT2D eigenvalue weighted by Gasteiger charge is -2.26. The second kappa shape index (κ2) is 33.7. The summed E-state index contributed by atoms with van der Waals surface area (Å²) in [5, 5.41) is 26.2. The van der Waals surface area contributed by atoms with E-state index in [1.807, 2.05) is 60.7 Å². The van der Waals surface area contributed by atoms with Gasteiger partial charge in [0.15, 0.2) is 0 Å². The maximum Gasteiger partial charge on any atom is 0.136 e. The molecule has 24 aromatic carbocycles. The number of benzene rings is 24. The monoisotopic (exact) mass is 1790 g/mol. The first-order valence-corrected chi connectivity index (χ1v) is 47.5. The highest BCUT2D eigenvalue weighted by Gasteiger charge is 2.24. The van der Waals surface area contributed by atoms with Crippen LogP contribution in [0, 0.1) is 0 Å². The van der Waals surface area contributed by atoms with Crippen molar-refractivity contribution in [3.05, 3.63) is 504 Å². The molecule has 0 spiro atoms. The zero-order valence-electron chi connectivity index (χ0n) is 75.8. The predicted molar refractivity (Wildman–Crippen MR) is 587 cm³/mol. The van der Waals surface area contributed by atoms with Gasteiger partial charge in [0.05, 0.1) is 0 Å². The first-order chi connectivity index (χ1) is 69.4. The van der Waals surface area contributed by atoms with Crippen LogP contribution in [0.5, 0.6) is 0 Å². The van der Waals surface area contributed by atoms with Crippen LogP contribution >= 0.6 is 0 Å². The predicted octanol–water partition coefficient (Wildman–Crippen LogP) is 38.6. The molecule has 0 aliphatic heterocycles. The highest BCUT2D eigenvalue weighted by molar-refractivity contribution is 6.30. The standard InChI is InChI=1S/2C44H27NO2.C44H29NO/c1-2-10-32(11-3-1)45(34-21-24-41-38(27-34)36-13-4-6-15-39(36)46-41)33-12-8-9-29(26-33)30-19-22-35-31(25-30)18-17-28-20-23-42-44(43(28)35)37-14-5-7-16-40(37)47-42;1-2-8-32(9-3-1)45(34-22-25-41-38(27-34)36-10-4-6-12-39(36)46-41)33-20-16-28(17-21-33)30-18-23-35-31(26-30)15-14-29-19-24-42-44(43(29)35)37-11-5-7-13-40(37)47-42;1-3-11-30(12-4-1)32-13-9-17-37(28-32)45(36-15-5-2-6-16-36)38-18-10-14-33(29-38)34-23-25-39-35(27-34)22-21-31-24-26-42-44(43(31)39)40-19-7-8-20-41(40)46-42/h2*1-27H;1-29H. The van der Waals surface area contributed by atoms with Crippen molar-refractivity contribution in [2.24, 2.45) is 0 Å². The van der Waals surface area contributed by atoms with E-state index in [-0.39, 0.29) is 0 Å². The molecule has 0 aliphatic carbocycles. The zero-order chi connectivity index (χ0) is 92.2. The average molecular weight is 1790 g/mol. The zero-order valence-corrected chi connectivity index (χ0v) is 75.8. The van der Waals surface area contributed by atoms with Crippen LogP contribution in [0.3, 0.4) is 0 Å². The van der Waals surface area contributed by atoms with Gasteiger partial charge in [0.25, 0.3) is 0 Å². The molecular formula is C132H83N3O5. The fourth-order valence-electron chi connectivity index (χ4n) is 21.3. The van der Waals surface area contributed by atoms with Gasteiger partial charge in [0, 0.05) is 121 Å². The third-order valence-electron chi connectivity index (χ3n) is 27.8. The molecule has 140 heavy (non-hydrogen) atoms. The van der Waals surface area contributed by atoms with Crippen LogP contribution in [-0.4, -0.2) is 0 Å². The van der Waals surface area contributed by atoms with Gasteiger partial charge in [-0.15, -0.1) is 0 Å². The molecule has 29 aromatic rings. The van der Waals surface area contributed by atoms with E-state index < -0.39 is 0 Å². The molecule has 0 bridgehead atoms. The van der Waals surface area contributed by atoms with E-state index in [0.717, 1.165) is 150 Å². The van der Waals surface area contributed by atoms with E-state index in [1.54, 1.807) is 0 Å². The van der Waals surface area contributed by atoms with Crippen molar-refractivity contribution >= 4 is 226 Å². The van der Waals surface area contributed by atoms with E-state index in [0.29, 0.717) is 0 Å². The number of nitrogens with zero attached hydrogens (tertiary/aromatic N) is 3. The number of furan rings is 5. The van der Waals surface area contributed by atoms with E-state index in [2.05, 4.69) is 458 Å². The summed E-state index contributed by atoms with van der Waals surface area (Å²) < 4.78 is 31.0. The van der Waals surface area contributed by atoms with Gasteiger partial charge in [-0.2, -0.15) is 0 Å². The highest BCUT2D eigenvalue weighted by atomic mass is 16.3. The van der Waals surface area contributed by atoms with Gasteiger partial charge in [-0.05, 0) is 281 Å². The molecule has 5 heterocycles. The molecule has 0 amide bonds. The first kappa shape index (κ1) is 80.9. The summed E-state index contributed by atoms with van der Waals surface area (Å²) in [6.07, 6.45) is 0.